The normalized spacial score (nSPS) is 11.6. The molecule has 0 saturated carbocycles. The molecule has 0 radical (unpaired) electrons. The minimum absolute atomic E-state index is 0.0630. The quantitative estimate of drug-likeness (QED) is 0.605. The fourth-order valence-corrected chi connectivity index (χ4v) is 1.85. The molecule has 0 saturated heterocycles. The third-order valence-corrected chi connectivity index (χ3v) is 2.53. The summed E-state index contributed by atoms with van der Waals surface area (Å²) in [6.07, 6.45) is 0. The topological polar surface area (TPSA) is 80.4 Å². The molecule has 0 bridgehead atoms. The highest BCUT2D eigenvalue weighted by Crippen LogP contribution is 2.23. The molecule has 1 rings (SSSR count). The van der Waals surface area contributed by atoms with E-state index in [2.05, 4.69) is 0 Å². The monoisotopic (exact) mass is 239 g/mol. The summed E-state index contributed by atoms with van der Waals surface area (Å²) in [6.45, 7) is 0. The molecule has 0 heterocycles. The molecule has 1 aromatic carbocycles. The van der Waals surface area contributed by atoms with Crippen LogP contribution in [0.2, 0.25) is 5.02 Å². The summed E-state index contributed by atoms with van der Waals surface area (Å²) in [7, 11) is -4.19. The smallest absolute Gasteiger partial charge is 0.269 e. The minimum atomic E-state index is -4.19. The van der Waals surface area contributed by atoms with Crippen LogP contribution in [0.5, 0.6) is 0 Å². The maximum Gasteiger partial charge on any atom is 0.269 e. The lowest BCUT2D eigenvalue weighted by molar-refractivity contribution is 0.482. The molecule has 0 aliphatic rings. The molecule has 78 valence electrons. The number of nitrogen functional groups attached to an aromatic ring is 1. The van der Waals surface area contributed by atoms with Crippen molar-refractivity contribution in [2.45, 2.75) is 5.75 Å². The highest BCUT2D eigenvalue weighted by atomic mass is 35.5. The Kier molecular flexibility index (Phi) is 2.98. The third kappa shape index (κ3) is 2.83. The summed E-state index contributed by atoms with van der Waals surface area (Å²) in [5, 5.41) is -0.0886. The summed E-state index contributed by atoms with van der Waals surface area (Å²) in [6, 6.07) is 1.98. The molecule has 0 fully saturated rings. The van der Waals surface area contributed by atoms with Gasteiger partial charge in [0.2, 0.25) is 0 Å². The first-order valence-electron chi connectivity index (χ1n) is 3.48. The van der Waals surface area contributed by atoms with E-state index >= 15 is 0 Å². The van der Waals surface area contributed by atoms with Crippen LogP contribution in [-0.2, 0) is 15.9 Å². The van der Waals surface area contributed by atoms with Crippen molar-refractivity contribution in [3.63, 3.8) is 0 Å². The number of hydrogen-bond acceptors (Lipinski definition) is 3. The lowest BCUT2D eigenvalue weighted by Gasteiger charge is -2.04. The zero-order valence-corrected chi connectivity index (χ0v) is 8.44. The number of rotatable bonds is 2. The highest BCUT2D eigenvalue weighted by Gasteiger charge is 2.12. The van der Waals surface area contributed by atoms with Crippen LogP contribution in [0.15, 0.2) is 12.1 Å². The molecule has 0 spiro atoms. The predicted molar refractivity (Wildman–Crippen MR) is 51.1 cm³/mol. The fraction of sp³-hybridized carbons (Fsp3) is 0.143. The van der Waals surface area contributed by atoms with Gasteiger partial charge in [0.15, 0.2) is 0 Å². The van der Waals surface area contributed by atoms with Crippen LogP contribution in [0.25, 0.3) is 0 Å². The largest absolute Gasteiger partial charge is 0.396 e. The van der Waals surface area contributed by atoms with Gasteiger partial charge in [-0.3, -0.25) is 4.55 Å². The van der Waals surface area contributed by atoms with E-state index in [9.17, 15) is 12.8 Å². The summed E-state index contributed by atoms with van der Waals surface area (Å²) >= 11 is 5.54. The number of benzene rings is 1. The van der Waals surface area contributed by atoms with Crippen LogP contribution >= 0.6 is 11.6 Å². The van der Waals surface area contributed by atoms with Gasteiger partial charge in [0.25, 0.3) is 10.1 Å². The summed E-state index contributed by atoms with van der Waals surface area (Å²) in [5.74, 6) is -1.41. The Morgan fingerprint density at radius 1 is 1.50 bits per heavy atom. The van der Waals surface area contributed by atoms with E-state index in [1.165, 1.54) is 0 Å². The van der Waals surface area contributed by atoms with Gasteiger partial charge in [-0.15, -0.1) is 0 Å². The minimum Gasteiger partial charge on any atom is -0.396 e. The molecule has 1 aromatic rings. The standard InChI is InChI=1S/C7H7ClFNO3S/c8-5-2-6(9)7(10)1-4(5)3-14(11,12)13/h1-2H,3,10H2,(H,11,12,13). The van der Waals surface area contributed by atoms with Gasteiger partial charge >= 0.3 is 0 Å². The van der Waals surface area contributed by atoms with E-state index in [4.69, 9.17) is 21.9 Å². The summed E-state index contributed by atoms with van der Waals surface area (Å²) < 4.78 is 42.3. The maximum absolute atomic E-state index is 12.8. The van der Waals surface area contributed by atoms with E-state index in [-0.39, 0.29) is 16.3 Å². The van der Waals surface area contributed by atoms with Gasteiger partial charge in [-0.25, -0.2) is 4.39 Å². The van der Waals surface area contributed by atoms with E-state index in [0.717, 1.165) is 12.1 Å². The average molecular weight is 240 g/mol. The van der Waals surface area contributed by atoms with Crippen LogP contribution in [0.1, 0.15) is 5.56 Å². The fourth-order valence-electron chi connectivity index (χ4n) is 0.920. The Bertz CT molecular complexity index is 460. The number of halogens is 2. The molecule has 4 nitrogen and oxygen atoms in total. The zero-order valence-electron chi connectivity index (χ0n) is 6.87. The van der Waals surface area contributed by atoms with Crippen molar-refractivity contribution in [1.82, 2.24) is 0 Å². The number of hydrogen-bond donors (Lipinski definition) is 2. The molecule has 0 unspecified atom stereocenters. The molecule has 0 aliphatic heterocycles. The van der Waals surface area contributed by atoms with Crippen molar-refractivity contribution >= 4 is 27.4 Å². The van der Waals surface area contributed by atoms with Crippen LogP contribution in [-0.4, -0.2) is 13.0 Å². The Morgan fingerprint density at radius 3 is 2.57 bits per heavy atom. The predicted octanol–water partition coefficient (Wildman–Crippen LogP) is 1.45. The SMILES string of the molecule is Nc1cc(CS(=O)(=O)O)c(Cl)cc1F. The van der Waals surface area contributed by atoms with Crippen molar-refractivity contribution < 1.29 is 17.4 Å². The van der Waals surface area contributed by atoms with E-state index < -0.39 is 21.7 Å². The Balaban J connectivity index is 3.17. The van der Waals surface area contributed by atoms with Gasteiger partial charge in [0.05, 0.1) is 5.69 Å². The lowest BCUT2D eigenvalue weighted by atomic mass is 10.2. The van der Waals surface area contributed by atoms with Gasteiger partial charge in [-0.1, -0.05) is 11.6 Å². The summed E-state index contributed by atoms with van der Waals surface area (Å²) in [5.41, 5.74) is 5.05. The Hall–Kier alpha value is -0.850. The van der Waals surface area contributed by atoms with Crippen LogP contribution in [0, 0.1) is 5.82 Å². The van der Waals surface area contributed by atoms with Gasteiger partial charge < -0.3 is 5.73 Å². The van der Waals surface area contributed by atoms with Gasteiger partial charge in [-0.05, 0) is 17.7 Å². The van der Waals surface area contributed by atoms with Gasteiger partial charge in [0.1, 0.15) is 11.6 Å². The lowest BCUT2D eigenvalue weighted by Crippen LogP contribution is -2.03. The van der Waals surface area contributed by atoms with Crippen LogP contribution in [0.4, 0.5) is 10.1 Å². The third-order valence-electron chi connectivity index (χ3n) is 1.50. The van der Waals surface area contributed by atoms with E-state index in [1.54, 1.807) is 0 Å². The average Bonchev–Trinajstić information content (AvgIpc) is 1.97. The van der Waals surface area contributed by atoms with E-state index in [0.29, 0.717) is 0 Å². The molecule has 0 amide bonds. The van der Waals surface area contributed by atoms with Crippen molar-refractivity contribution in [1.29, 1.82) is 0 Å². The van der Waals surface area contributed by atoms with Crippen molar-refractivity contribution in [3.8, 4) is 0 Å². The van der Waals surface area contributed by atoms with Crippen molar-refractivity contribution in [3.05, 3.63) is 28.5 Å². The van der Waals surface area contributed by atoms with E-state index in [1.807, 2.05) is 0 Å². The second-order valence-corrected chi connectivity index (χ2v) is 4.55. The highest BCUT2D eigenvalue weighted by molar-refractivity contribution is 7.85. The molecular weight excluding hydrogens is 233 g/mol. The second-order valence-electron chi connectivity index (χ2n) is 2.69. The second kappa shape index (κ2) is 3.72. The van der Waals surface area contributed by atoms with Gasteiger partial charge in [0, 0.05) is 5.02 Å². The molecule has 7 heteroatoms. The van der Waals surface area contributed by atoms with Crippen LogP contribution < -0.4 is 5.73 Å². The first-order chi connectivity index (χ1) is 6.29. The number of nitrogens with two attached hydrogens (primary N) is 1. The molecule has 14 heavy (non-hydrogen) atoms. The first kappa shape index (κ1) is 11.2. The molecule has 3 N–H and O–H groups in total. The first-order valence-corrected chi connectivity index (χ1v) is 5.47. The molecule has 0 aromatic heterocycles. The Morgan fingerprint density at radius 2 is 2.07 bits per heavy atom. The molecule has 0 atom stereocenters. The van der Waals surface area contributed by atoms with Crippen molar-refractivity contribution in [2.24, 2.45) is 0 Å². The summed E-state index contributed by atoms with van der Waals surface area (Å²) in [4.78, 5) is 0. The van der Waals surface area contributed by atoms with Crippen molar-refractivity contribution in [2.75, 3.05) is 5.73 Å². The number of anilines is 1. The molecule has 0 aliphatic carbocycles. The maximum atomic E-state index is 12.8. The van der Waals surface area contributed by atoms with Crippen LogP contribution in [0.3, 0.4) is 0 Å². The van der Waals surface area contributed by atoms with Gasteiger partial charge in [-0.2, -0.15) is 8.42 Å². The molecular formula is C7H7ClFNO3S. The Labute approximate surface area is 85.2 Å². The zero-order chi connectivity index (χ0) is 10.9.